The molecule has 0 spiro atoms. The fraction of sp³-hybridized carbons (Fsp3) is 0.476. The number of rotatable bonds is 6. The molecule has 5 nitrogen and oxygen atoms in total. The number of aryl methyl sites for hydroxylation is 1. The van der Waals surface area contributed by atoms with E-state index in [1.807, 2.05) is 12.1 Å². The highest BCUT2D eigenvalue weighted by atomic mass is 127. The summed E-state index contributed by atoms with van der Waals surface area (Å²) < 4.78 is 11.0. The Morgan fingerprint density at radius 3 is 2.56 bits per heavy atom. The summed E-state index contributed by atoms with van der Waals surface area (Å²) in [4.78, 5) is 4.66. The molecular weight excluding hydrogens is 453 g/mol. The van der Waals surface area contributed by atoms with Crippen LogP contribution in [0.5, 0.6) is 0 Å². The maximum Gasteiger partial charge on any atom is 0.191 e. The Balaban J connectivity index is 0.00000261. The Hall–Kier alpha value is -1.54. The fourth-order valence-electron chi connectivity index (χ4n) is 3.63. The number of ether oxygens (including phenoxy) is 1. The van der Waals surface area contributed by atoms with Gasteiger partial charge in [-0.1, -0.05) is 24.3 Å². The molecule has 1 aromatic heterocycles. The van der Waals surface area contributed by atoms with Crippen LogP contribution in [0.3, 0.4) is 0 Å². The first-order valence-corrected chi connectivity index (χ1v) is 9.42. The van der Waals surface area contributed by atoms with Crippen LogP contribution in [-0.2, 0) is 16.7 Å². The van der Waals surface area contributed by atoms with Gasteiger partial charge in [-0.05, 0) is 49.9 Å². The summed E-state index contributed by atoms with van der Waals surface area (Å²) in [6, 6.07) is 12.5. The second-order valence-electron chi connectivity index (χ2n) is 6.84. The molecule has 0 amide bonds. The van der Waals surface area contributed by atoms with Gasteiger partial charge in [0.25, 0.3) is 0 Å². The summed E-state index contributed by atoms with van der Waals surface area (Å²) in [5, 5.41) is 6.89. The van der Waals surface area contributed by atoms with Gasteiger partial charge in [0.05, 0.1) is 6.26 Å². The highest BCUT2D eigenvalue weighted by Crippen LogP contribution is 2.36. The molecule has 1 saturated heterocycles. The van der Waals surface area contributed by atoms with Crippen molar-refractivity contribution in [2.75, 3.05) is 26.3 Å². The highest BCUT2D eigenvalue weighted by molar-refractivity contribution is 14.0. The predicted molar refractivity (Wildman–Crippen MR) is 120 cm³/mol. The molecule has 2 aromatic rings. The molecule has 1 aliphatic heterocycles. The lowest BCUT2D eigenvalue weighted by atomic mass is 9.72. The third-order valence-corrected chi connectivity index (χ3v) is 5.08. The lowest BCUT2D eigenvalue weighted by molar-refractivity contribution is 0.0512. The smallest absolute Gasteiger partial charge is 0.191 e. The van der Waals surface area contributed by atoms with Gasteiger partial charge in [0, 0.05) is 31.7 Å². The zero-order valence-electron chi connectivity index (χ0n) is 16.2. The summed E-state index contributed by atoms with van der Waals surface area (Å²) in [7, 11) is 0. The Bertz CT molecular complexity index is 710. The van der Waals surface area contributed by atoms with Crippen molar-refractivity contribution in [3.8, 4) is 0 Å². The van der Waals surface area contributed by atoms with Crippen molar-refractivity contribution in [1.82, 2.24) is 10.6 Å². The molecule has 0 unspecified atom stereocenters. The van der Waals surface area contributed by atoms with E-state index < -0.39 is 0 Å². The number of hydrogen-bond donors (Lipinski definition) is 2. The van der Waals surface area contributed by atoms with Crippen molar-refractivity contribution < 1.29 is 9.15 Å². The van der Waals surface area contributed by atoms with Crippen LogP contribution >= 0.6 is 24.0 Å². The van der Waals surface area contributed by atoms with Gasteiger partial charge in [0.15, 0.2) is 5.96 Å². The maximum atomic E-state index is 5.65. The molecular formula is C21H30IN3O2. The minimum Gasteiger partial charge on any atom is -0.467 e. The van der Waals surface area contributed by atoms with Crippen molar-refractivity contribution in [2.45, 2.75) is 38.6 Å². The van der Waals surface area contributed by atoms with Crippen molar-refractivity contribution in [2.24, 2.45) is 4.99 Å². The number of halogens is 1. The molecule has 0 aliphatic carbocycles. The highest BCUT2D eigenvalue weighted by Gasteiger charge is 2.35. The van der Waals surface area contributed by atoms with Gasteiger partial charge in [-0.15, -0.1) is 24.0 Å². The SMILES string of the molecule is CCNC(=NCc1ccco1)NCC1(c2ccccc2C)CCOCC1.I. The van der Waals surface area contributed by atoms with E-state index in [1.165, 1.54) is 11.1 Å². The number of aliphatic imine (C=N–C) groups is 1. The quantitative estimate of drug-likeness (QED) is 0.371. The third kappa shape index (κ3) is 5.72. The van der Waals surface area contributed by atoms with E-state index in [-0.39, 0.29) is 29.4 Å². The van der Waals surface area contributed by atoms with Crippen LogP contribution in [0.25, 0.3) is 0 Å². The van der Waals surface area contributed by atoms with E-state index in [9.17, 15) is 0 Å². The molecule has 27 heavy (non-hydrogen) atoms. The van der Waals surface area contributed by atoms with Crippen molar-refractivity contribution in [3.63, 3.8) is 0 Å². The van der Waals surface area contributed by atoms with Crippen LogP contribution in [0.1, 0.15) is 36.7 Å². The molecule has 1 aromatic carbocycles. The lowest BCUT2D eigenvalue weighted by Gasteiger charge is -2.39. The molecule has 2 heterocycles. The van der Waals surface area contributed by atoms with E-state index in [4.69, 9.17) is 9.15 Å². The van der Waals surface area contributed by atoms with E-state index in [1.54, 1.807) is 6.26 Å². The number of guanidine groups is 1. The minimum absolute atomic E-state index is 0. The lowest BCUT2D eigenvalue weighted by Crippen LogP contribution is -2.48. The Labute approximate surface area is 179 Å². The molecule has 0 saturated carbocycles. The van der Waals surface area contributed by atoms with Crippen LogP contribution in [-0.4, -0.2) is 32.3 Å². The molecule has 3 rings (SSSR count). The fourth-order valence-corrected chi connectivity index (χ4v) is 3.63. The van der Waals surface area contributed by atoms with Crippen LogP contribution in [0.2, 0.25) is 0 Å². The molecule has 1 aliphatic rings. The second-order valence-corrected chi connectivity index (χ2v) is 6.84. The maximum absolute atomic E-state index is 5.65. The molecule has 0 radical (unpaired) electrons. The molecule has 6 heteroatoms. The molecule has 148 valence electrons. The van der Waals surface area contributed by atoms with Crippen molar-refractivity contribution in [3.05, 3.63) is 59.5 Å². The van der Waals surface area contributed by atoms with Crippen LogP contribution in [0.4, 0.5) is 0 Å². The summed E-state index contributed by atoms with van der Waals surface area (Å²) in [6.45, 7) is 8.07. The van der Waals surface area contributed by atoms with Crippen LogP contribution in [0, 0.1) is 6.92 Å². The molecule has 1 fully saturated rings. The molecule has 0 bridgehead atoms. The van der Waals surface area contributed by atoms with Crippen molar-refractivity contribution >= 4 is 29.9 Å². The second kappa shape index (κ2) is 10.7. The number of nitrogens with zero attached hydrogens (tertiary/aromatic N) is 1. The van der Waals surface area contributed by atoms with Gasteiger partial charge in [-0.2, -0.15) is 0 Å². The summed E-state index contributed by atoms with van der Waals surface area (Å²) >= 11 is 0. The van der Waals surface area contributed by atoms with Gasteiger partial charge in [-0.25, -0.2) is 4.99 Å². The van der Waals surface area contributed by atoms with Crippen LogP contribution < -0.4 is 10.6 Å². The topological polar surface area (TPSA) is 58.8 Å². The molecule has 2 N–H and O–H groups in total. The first-order chi connectivity index (χ1) is 12.7. The Morgan fingerprint density at radius 1 is 1.11 bits per heavy atom. The average molecular weight is 483 g/mol. The Morgan fingerprint density at radius 2 is 1.89 bits per heavy atom. The molecule has 0 atom stereocenters. The summed E-state index contributed by atoms with van der Waals surface area (Å²) in [6.07, 6.45) is 3.71. The van der Waals surface area contributed by atoms with E-state index >= 15 is 0 Å². The minimum atomic E-state index is 0. The number of furan rings is 1. The number of hydrogen-bond acceptors (Lipinski definition) is 3. The van der Waals surface area contributed by atoms with E-state index in [0.717, 1.165) is 50.9 Å². The normalized spacial score (nSPS) is 16.4. The standard InChI is InChI=1S/C21H29N3O2.HI/c1-3-22-20(23-15-18-8-6-12-26-18)24-16-21(10-13-25-14-11-21)19-9-5-4-7-17(19)2;/h4-9,12H,3,10-11,13-16H2,1-2H3,(H2,22,23,24);1H. The third-order valence-electron chi connectivity index (χ3n) is 5.08. The zero-order chi connectivity index (χ0) is 18.2. The van der Waals surface area contributed by atoms with Gasteiger partial charge in [-0.3, -0.25) is 0 Å². The van der Waals surface area contributed by atoms with Crippen molar-refractivity contribution in [1.29, 1.82) is 0 Å². The van der Waals surface area contributed by atoms with Gasteiger partial charge in [0.1, 0.15) is 12.3 Å². The first kappa shape index (κ1) is 21.8. The number of benzene rings is 1. The van der Waals surface area contributed by atoms with Crippen LogP contribution in [0.15, 0.2) is 52.1 Å². The zero-order valence-corrected chi connectivity index (χ0v) is 18.5. The van der Waals surface area contributed by atoms with Gasteiger partial charge >= 0.3 is 0 Å². The summed E-state index contributed by atoms with van der Waals surface area (Å²) in [5.74, 6) is 1.69. The first-order valence-electron chi connectivity index (χ1n) is 9.42. The monoisotopic (exact) mass is 483 g/mol. The van der Waals surface area contributed by atoms with E-state index in [0.29, 0.717) is 6.54 Å². The average Bonchev–Trinajstić information content (AvgIpc) is 3.19. The predicted octanol–water partition coefficient (Wildman–Crippen LogP) is 4.01. The number of nitrogens with one attached hydrogen (secondary N) is 2. The van der Waals surface area contributed by atoms with E-state index in [2.05, 4.69) is 53.7 Å². The largest absolute Gasteiger partial charge is 0.467 e. The summed E-state index contributed by atoms with van der Waals surface area (Å²) in [5.41, 5.74) is 2.83. The Kier molecular flexibility index (Phi) is 8.63. The van der Waals surface area contributed by atoms with Gasteiger partial charge in [0.2, 0.25) is 0 Å². The van der Waals surface area contributed by atoms with Gasteiger partial charge < -0.3 is 19.8 Å².